The van der Waals surface area contributed by atoms with Gasteiger partial charge in [-0.3, -0.25) is 5.41 Å². The van der Waals surface area contributed by atoms with Crippen molar-refractivity contribution >= 4 is 5.84 Å². The fourth-order valence-electron chi connectivity index (χ4n) is 1.86. The van der Waals surface area contributed by atoms with Gasteiger partial charge in [-0.2, -0.15) is 0 Å². The van der Waals surface area contributed by atoms with Gasteiger partial charge in [-0.25, -0.2) is 0 Å². The Hall–Kier alpha value is -2.09. The summed E-state index contributed by atoms with van der Waals surface area (Å²) in [5.41, 5.74) is 3.44. The summed E-state index contributed by atoms with van der Waals surface area (Å²) in [7, 11) is 1.95. The molecule has 0 aliphatic carbocycles. The summed E-state index contributed by atoms with van der Waals surface area (Å²) in [6.07, 6.45) is 0. The first-order valence-corrected chi connectivity index (χ1v) is 6.07. The molecule has 0 aromatic heterocycles. The van der Waals surface area contributed by atoms with Gasteiger partial charge in [0.15, 0.2) is 0 Å². The van der Waals surface area contributed by atoms with Gasteiger partial charge in [0, 0.05) is 19.2 Å². The van der Waals surface area contributed by atoms with Crippen molar-refractivity contribution in [2.45, 2.75) is 13.5 Å². The molecule has 2 nitrogen and oxygen atoms in total. The van der Waals surface area contributed by atoms with Crippen molar-refractivity contribution in [1.29, 1.82) is 5.41 Å². The van der Waals surface area contributed by atoms with Gasteiger partial charge in [-0.05, 0) is 12.5 Å². The van der Waals surface area contributed by atoms with Crippen molar-refractivity contribution in [2.24, 2.45) is 0 Å². The second-order valence-corrected chi connectivity index (χ2v) is 4.56. The third kappa shape index (κ3) is 2.98. The number of nitrogens with zero attached hydrogens (tertiary/aromatic N) is 1. The summed E-state index contributed by atoms with van der Waals surface area (Å²) in [4.78, 5) is 1.96. The van der Waals surface area contributed by atoms with Gasteiger partial charge in [0.05, 0.1) is 0 Å². The van der Waals surface area contributed by atoms with E-state index < -0.39 is 0 Å². The number of amidine groups is 1. The van der Waals surface area contributed by atoms with E-state index in [-0.39, 0.29) is 0 Å². The summed E-state index contributed by atoms with van der Waals surface area (Å²) in [6, 6.07) is 18.3. The topological polar surface area (TPSA) is 27.1 Å². The van der Waals surface area contributed by atoms with Crippen LogP contribution < -0.4 is 0 Å². The Bertz CT molecular complexity index is 515. The van der Waals surface area contributed by atoms with Gasteiger partial charge in [0.2, 0.25) is 0 Å². The van der Waals surface area contributed by atoms with Crippen molar-refractivity contribution in [2.75, 3.05) is 7.05 Å². The standard InChI is InChI=1S/C16H18N2/c1-13-8-10-14(11-9-13)12-18(2)16(17)15-6-4-3-5-7-15/h3-11,17H,12H2,1-2H3. The number of nitrogens with one attached hydrogen (secondary N) is 1. The first-order valence-electron chi connectivity index (χ1n) is 6.07. The molecule has 0 spiro atoms. The van der Waals surface area contributed by atoms with Gasteiger partial charge in [-0.1, -0.05) is 60.2 Å². The van der Waals surface area contributed by atoms with Crippen LogP contribution in [0.5, 0.6) is 0 Å². The molecule has 0 bridgehead atoms. The molecule has 1 N–H and O–H groups in total. The Kier molecular flexibility index (Phi) is 3.78. The molecule has 0 amide bonds. The molecule has 2 aromatic rings. The minimum atomic E-state index is 0.552. The van der Waals surface area contributed by atoms with E-state index >= 15 is 0 Å². The molecule has 2 rings (SSSR count). The Balaban J connectivity index is 2.06. The molecule has 0 radical (unpaired) electrons. The number of hydrogen-bond donors (Lipinski definition) is 1. The molecule has 0 aliphatic heterocycles. The Morgan fingerprint density at radius 2 is 1.61 bits per heavy atom. The predicted molar refractivity (Wildman–Crippen MR) is 75.9 cm³/mol. The van der Waals surface area contributed by atoms with Crippen LogP contribution in [0.3, 0.4) is 0 Å². The van der Waals surface area contributed by atoms with Gasteiger partial charge in [0.25, 0.3) is 0 Å². The summed E-state index contributed by atoms with van der Waals surface area (Å²) in [5.74, 6) is 0.552. The monoisotopic (exact) mass is 238 g/mol. The van der Waals surface area contributed by atoms with Crippen LogP contribution in [0.25, 0.3) is 0 Å². The molecule has 0 aliphatic rings. The average Bonchev–Trinajstić information content (AvgIpc) is 2.41. The largest absolute Gasteiger partial charge is 0.355 e. The van der Waals surface area contributed by atoms with E-state index in [1.165, 1.54) is 11.1 Å². The predicted octanol–water partition coefficient (Wildman–Crippen LogP) is 3.45. The lowest BCUT2D eigenvalue weighted by atomic mass is 10.1. The quantitative estimate of drug-likeness (QED) is 0.643. The van der Waals surface area contributed by atoms with Crippen LogP contribution in [-0.2, 0) is 6.54 Å². The minimum Gasteiger partial charge on any atom is -0.355 e. The van der Waals surface area contributed by atoms with Crippen LogP contribution in [-0.4, -0.2) is 17.8 Å². The van der Waals surface area contributed by atoms with Crippen molar-refractivity contribution in [3.63, 3.8) is 0 Å². The number of aryl methyl sites for hydroxylation is 1. The molecule has 2 heteroatoms. The lowest BCUT2D eigenvalue weighted by Gasteiger charge is -2.20. The van der Waals surface area contributed by atoms with E-state index in [4.69, 9.17) is 5.41 Å². The molecule has 18 heavy (non-hydrogen) atoms. The molecule has 0 saturated heterocycles. The van der Waals surface area contributed by atoms with Gasteiger partial charge in [0.1, 0.15) is 5.84 Å². The van der Waals surface area contributed by atoms with Crippen LogP contribution in [0.1, 0.15) is 16.7 Å². The Morgan fingerprint density at radius 1 is 1.00 bits per heavy atom. The summed E-state index contributed by atoms with van der Waals surface area (Å²) < 4.78 is 0. The molecular weight excluding hydrogens is 220 g/mol. The molecule has 0 atom stereocenters. The van der Waals surface area contributed by atoms with Crippen LogP contribution >= 0.6 is 0 Å². The molecule has 2 aromatic carbocycles. The highest BCUT2D eigenvalue weighted by Gasteiger charge is 2.07. The Morgan fingerprint density at radius 3 is 2.22 bits per heavy atom. The number of benzene rings is 2. The molecule has 0 fully saturated rings. The van der Waals surface area contributed by atoms with E-state index in [0.29, 0.717) is 5.84 Å². The van der Waals surface area contributed by atoms with Crippen molar-refractivity contribution in [1.82, 2.24) is 4.90 Å². The highest BCUT2D eigenvalue weighted by Crippen LogP contribution is 2.09. The number of rotatable bonds is 3. The highest BCUT2D eigenvalue weighted by molar-refractivity contribution is 5.96. The van der Waals surface area contributed by atoms with Crippen LogP contribution in [0.15, 0.2) is 54.6 Å². The first kappa shape index (κ1) is 12.4. The first-order chi connectivity index (χ1) is 8.66. The van der Waals surface area contributed by atoms with E-state index in [2.05, 4.69) is 31.2 Å². The van der Waals surface area contributed by atoms with Crippen LogP contribution in [0, 0.1) is 12.3 Å². The summed E-state index contributed by atoms with van der Waals surface area (Å²) in [6.45, 7) is 2.84. The van der Waals surface area contributed by atoms with Crippen molar-refractivity contribution < 1.29 is 0 Å². The average molecular weight is 238 g/mol. The van der Waals surface area contributed by atoms with E-state index in [9.17, 15) is 0 Å². The molecule has 0 heterocycles. The lowest BCUT2D eigenvalue weighted by Crippen LogP contribution is -2.26. The SMILES string of the molecule is Cc1ccc(CN(C)C(=N)c2ccccc2)cc1. The zero-order chi connectivity index (χ0) is 13.0. The zero-order valence-corrected chi connectivity index (χ0v) is 10.9. The Labute approximate surface area is 108 Å². The maximum atomic E-state index is 8.15. The third-order valence-electron chi connectivity index (χ3n) is 2.97. The minimum absolute atomic E-state index is 0.552. The van der Waals surface area contributed by atoms with Crippen LogP contribution in [0.2, 0.25) is 0 Å². The second-order valence-electron chi connectivity index (χ2n) is 4.56. The fourth-order valence-corrected chi connectivity index (χ4v) is 1.86. The van der Waals surface area contributed by atoms with Crippen molar-refractivity contribution in [3.8, 4) is 0 Å². The molecular formula is C16H18N2. The third-order valence-corrected chi connectivity index (χ3v) is 2.97. The molecule has 92 valence electrons. The van der Waals surface area contributed by atoms with Gasteiger partial charge in [-0.15, -0.1) is 0 Å². The molecule has 0 saturated carbocycles. The van der Waals surface area contributed by atoms with E-state index in [1.54, 1.807) is 0 Å². The van der Waals surface area contributed by atoms with E-state index in [1.807, 2.05) is 42.3 Å². The fraction of sp³-hybridized carbons (Fsp3) is 0.188. The maximum absolute atomic E-state index is 8.15. The normalized spacial score (nSPS) is 10.1. The maximum Gasteiger partial charge on any atom is 0.128 e. The van der Waals surface area contributed by atoms with Gasteiger partial charge < -0.3 is 4.90 Å². The molecule has 0 unspecified atom stereocenters. The second kappa shape index (κ2) is 5.50. The van der Waals surface area contributed by atoms with E-state index in [0.717, 1.165) is 12.1 Å². The smallest absolute Gasteiger partial charge is 0.128 e. The van der Waals surface area contributed by atoms with Crippen LogP contribution in [0.4, 0.5) is 0 Å². The zero-order valence-electron chi connectivity index (χ0n) is 10.9. The van der Waals surface area contributed by atoms with Gasteiger partial charge >= 0.3 is 0 Å². The highest BCUT2D eigenvalue weighted by atomic mass is 15.1. The summed E-state index contributed by atoms with van der Waals surface area (Å²) in [5, 5.41) is 8.15. The van der Waals surface area contributed by atoms with Crippen molar-refractivity contribution in [3.05, 3.63) is 71.3 Å². The lowest BCUT2D eigenvalue weighted by molar-refractivity contribution is 0.498. The summed E-state index contributed by atoms with van der Waals surface area (Å²) >= 11 is 0. The number of hydrogen-bond acceptors (Lipinski definition) is 1.